The van der Waals surface area contributed by atoms with Gasteiger partial charge in [-0.3, -0.25) is 9.36 Å². The maximum Gasteiger partial charge on any atom is 0.395 e. The van der Waals surface area contributed by atoms with Crippen molar-refractivity contribution in [3.05, 3.63) is 0 Å². The number of carbonyl (C=O) groups is 1. The Kier molecular flexibility index (Phi) is 3.04. The minimum absolute atomic E-state index is 0.576. The highest BCUT2D eigenvalue weighted by atomic mass is 31.2. The van der Waals surface area contributed by atoms with Gasteiger partial charge in [0, 0.05) is 21.1 Å². The van der Waals surface area contributed by atoms with Crippen molar-refractivity contribution in [3.63, 3.8) is 0 Å². The van der Waals surface area contributed by atoms with Crippen LogP contribution in [-0.4, -0.2) is 19.7 Å². The molecular weight excluding hydrogens is 143 g/mol. The average Bonchev–Trinajstić information content (AvgIpc) is 1.86. The third-order valence-corrected chi connectivity index (χ3v) is 2.60. The summed E-state index contributed by atoms with van der Waals surface area (Å²) >= 11 is 0. The highest BCUT2D eigenvalue weighted by Crippen LogP contribution is 2.46. The lowest BCUT2D eigenvalue weighted by Crippen LogP contribution is -1.97. The molecule has 0 unspecified atom stereocenters. The Hall–Kier alpha value is -0.180. The van der Waals surface area contributed by atoms with Gasteiger partial charge in [0.05, 0.1) is 0 Å². The van der Waals surface area contributed by atoms with Crippen molar-refractivity contribution in [2.24, 2.45) is 0 Å². The van der Waals surface area contributed by atoms with Gasteiger partial charge in [-0.1, -0.05) is 0 Å². The molecule has 0 N–H and O–H groups in total. The van der Waals surface area contributed by atoms with Crippen molar-refractivity contribution in [3.8, 4) is 0 Å². The molecule has 0 saturated carbocycles. The number of hydrogen-bond donors (Lipinski definition) is 0. The Morgan fingerprint density at radius 1 is 1.33 bits per heavy atom. The molecule has 9 heavy (non-hydrogen) atoms. The SMILES string of the molecule is COP(=O)(OC)C(C)=O. The Bertz CT molecular complexity index is 145. The molecule has 0 aliphatic carbocycles. The van der Waals surface area contributed by atoms with Crippen LogP contribution in [0.1, 0.15) is 6.92 Å². The fraction of sp³-hybridized carbons (Fsp3) is 0.750. The smallest absolute Gasteiger partial charge is 0.307 e. The second kappa shape index (κ2) is 3.11. The van der Waals surface area contributed by atoms with Crippen LogP contribution >= 0.6 is 7.60 Å². The van der Waals surface area contributed by atoms with Gasteiger partial charge in [-0.2, -0.15) is 0 Å². The summed E-state index contributed by atoms with van der Waals surface area (Å²) in [6.45, 7) is 1.16. The quantitative estimate of drug-likeness (QED) is 0.566. The molecule has 4 nitrogen and oxygen atoms in total. The summed E-state index contributed by atoms with van der Waals surface area (Å²) in [7, 11) is -1.05. The van der Waals surface area contributed by atoms with Gasteiger partial charge in [-0.05, 0) is 0 Å². The number of rotatable bonds is 3. The lowest BCUT2D eigenvalue weighted by molar-refractivity contribution is -0.111. The summed E-state index contributed by atoms with van der Waals surface area (Å²) in [5.41, 5.74) is -0.576. The van der Waals surface area contributed by atoms with Crippen molar-refractivity contribution >= 4 is 13.1 Å². The summed E-state index contributed by atoms with van der Waals surface area (Å²) in [6.07, 6.45) is 0. The molecule has 0 saturated heterocycles. The van der Waals surface area contributed by atoms with Crippen molar-refractivity contribution in [1.82, 2.24) is 0 Å². The number of carbonyl (C=O) groups excluding carboxylic acids is 1. The summed E-state index contributed by atoms with van der Waals surface area (Å²) in [5, 5.41) is 0. The lowest BCUT2D eigenvalue weighted by atomic mass is 10.9. The molecule has 0 amide bonds. The molecule has 0 aromatic heterocycles. The zero-order valence-corrected chi connectivity index (χ0v) is 6.47. The van der Waals surface area contributed by atoms with Gasteiger partial charge in [0.15, 0.2) is 0 Å². The molecule has 0 fully saturated rings. The van der Waals surface area contributed by atoms with E-state index in [1.54, 1.807) is 0 Å². The van der Waals surface area contributed by atoms with Crippen LogP contribution in [0.3, 0.4) is 0 Å². The Morgan fingerprint density at radius 2 is 1.67 bits per heavy atom. The second-order valence-electron chi connectivity index (χ2n) is 1.38. The van der Waals surface area contributed by atoms with Gasteiger partial charge in [0.1, 0.15) is 0 Å². The third-order valence-electron chi connectivity index (χ3n) is 0.866. The van der Waals surface area contributed by atoms with Crippen molar-refractivity contribution in [2.75, 3.05) is 14.2 Å². The summed E-state index contributed by atoms with van der Waals surface area (Å²) in [4.78, 5) is 10.4. The third kappa shape index (κ3) is 1.90. The maximum atomic E-state index is 10.9. The second-order valence-corrected chi connectivity index (χ2v) is 3.74. The fourth-order valence-corrected chi connectivity index (χ4v) is 0.995. The van der Waals surface area contributed by atoms with E-state index < -0.39 is 13.1 Å². The largest absolute Gasteiger partial charge is 0.395 e. The first-order chi connectivity index (χ1) is 4.06. The van der Waals surface area contributed by atoms with Gasteiger partial charge in [0.25, 0.3) is 0 Å². The van der Waals surface area contributed by atoms with Crippen LogP contribution in [0.4, 0.5) is 0 Å². The normalized spacial score (nSPS) is 11.4. The van der Waals surface area contributed by atoms with Gasteiger partial charge in [-0.25, -0.2) is 0 Å². The van der Waals surface area contributed by atoms with Crippen molar-refractivity contribution in [2.45, 2.75) is 6.92 Å². The minimum atomic E-state index is -3.39. The van der Waals surface area contributed by atoms with Crippen LogP contribution in [-0.2, 0) is 18.4 Å². The van der Waals surface area contributed by atoms with E-state index >= 15 is 0 Å². The predicted molar refractivity (Wildman–Crippen MR) is 32.3 cm³/mol. The minimum Gasteiger partial charge on any atom is -0.307 e. The standard InChI is InChI=1S/C4H9O4P/c1-4(5)9(6,7-2)8-3/h1-3H3. The van der Waals surface area contributed by atoms with E-state index in [9.17, 15) is 9.36 Å². The molecule has 54 valence electrons. The van der Waals surface area contributed by atoms with Crippen LogP contribution in [0.5, 0.6) is 0 Å². The van der Waals surface area contributed by atoms with E-state index in [2.05, 4.69) is 9.05 Å². The van der Waals surface area contributed by atoms with E-state index in [0.717, 1.165) is 6.92 Å². The van der Waals surface area contributed by atoms with Gasteiger partial charge < -0.3 is 9.05 Å². The van der Waals surface area contributed by atoms with Crippen LogP contribution in [0.15, 0.2) is 0 Å². The molecule has 0 aliphatic heterocycles. The van der Waals surface area contributed by atoms with Gasteiger partial charge >= 0.3 is 7.60 Å². The Morgan fingerprint density at radius 3 is 1.67 bits per heavy atom. The Balaban J connectivity index is 4.30. The van der Waals surface area contributed by atoms with E-state index in [4.69, 9.17) is 0 Å². The molecule has 0 spiro atoms. The Labute approximate surface area is 53.7 Å². The molecular formula is C4H9O4P. The van der Waals surface area contributed by atoms with Crippen molar-refractivity contribution < 1.29 is 18.4 Å². The highest BCUT2D eigenvalue weighted by molar-refractivity contribution is 7.71. The van der Waals surface area contributed by atoms with Crippen molar-refractivity contribution in [1.29, 1.82) is 0 Å². The first kappa shape index (κ1) is 8.82. The van der Waals surface area contributed by atoms with Crippen LogP contribution in [0.2, 0.25) is 0 Å². The first-order valence-corrected chi connectivity index (χ1v) is 3.83. The lowest BCUT2D eigenvalue weighted by Gasteiger charge is -2.07. The van der Waals surface area contributed by atoms with Gasteiger partial charge in [-0.15, -0.1) is 0 Å². The summed E-state index contributed by atoms with van der Waals surface area (Å²) in [6, 6.07) is 0. The molecule has 5 heteroatoms. The van der Waals surface area contributed by atoms with Crippen LogP contribution in [0, 0.1) is 0 Å². The summed E-state index contributed by atoms with van der Waals surface area (Å²) in [5.74, 6) is 0. The highest BCUT2D eigenvalue weighted by Gasteiger charge is 2.27. The van der Waals surface area contributed by atoms with E-state index in [1.807, 2.05) is 0 Å². The average molecular weight is 152 g/mol. The molecule has 0 rings (SSSR count). The molecule has 0 aromatic rings. The molecule has 0 bridgehead atoms. The van der Waals surface area contributed by atoms with E-state index in [-0.39, 0.29) is 0 Å². The molecule has 0 heterocycles. The zero-order valence-electron chi connectivity index (χ0n) is 5.58. The first-order valence-electron chi connectivity index (χ1n) is 2.29. The van der Waals surface area contributed by atoms with Crippen LogP contribution in [0.25, 0.3) is 0 Å². The predicted octanol–water partition coefficient (Wildman–Crippen LogP) is 1.02. The molecule has 0 aromatic carbocycles. The number of hydrogen-bond acceptors (Lipinski definition) is 4. The monoisotopic (exact) mass is 152 g/mol. The molecule has 0 atom stereocenters. The van der Waals surface area contributed by atoms with Gasteiger partial charge in [0.2, 0.25) is 5.52 Å². The van der Waals surface area contributed by atoms with Crippen LogP contribution < -0.4 is 0 Å². The van der Waals surface area contributed by atoms with E-state index in [0.29, 0.717) is 0 Å². The topological polar surface area (TPSA) is 52.6 Å². The summed E-state index contributed by atoms with van der Waals surface area (Å²) < 4.78 is 19.5. The zero-order chi connectivity index (χ0) is 7.49. The molecule has 0 radical (unpaired) electrons. The maximum absolute atomic E-state index is 10.9. The van der Waals surface area contributed by atoms with E-state index in [1.165, 1.54) is 14.2 Å². The fourth-order valence-electron chi connectivity index (χ4n) is 0.332. The molecule has 0 aliphatic rings.